The van der Waals surface area contributed by atoms with E-state index in [2.05, 4.69) is 27.7 Å². The minimum absolute atomic E-state index is 0.0275. The Bertz CT molecular complexity index is 515. The number of carbonyl (C=O) groups excluding carboxylic acids is 1. The van der Waals surface area contributed by atoms with Crippen LogP contribution in [-0.2, 0) is 10.2 Å². The zero-order valence-electron chi connectivity index (χ0n) is 13.1. The summed E-state index contributed by atoms with van der Waals surface area (Å²) in [7, 11) is 0. The molecule has 0 atom stereocenters. The topological polar surface area (TPSA) is 35.5 Å². The molecule has 3 nitrogen and oxygen atoms in total. The summed E-state index contributed by atoms with van der Waals surface area (Å²) in [6.45, 7) is 11.6. The van der Waals surface area contributed by atoms with Crippen molar-refractivity contribution in [3.8, 4) is 5.75 Å². The number of fused-ring (bicyclic) bond motifs is 1. The van der Waals surface area contributed by atoms with Crippen LogP contribution in [0.4, 0.5) is 0 Å². The standard InChI is InChI=1S/C17H24O3/c1-6-19-16(18)12-9-13(11(2)3)15-14(10-12)17(4,5)7-8-20-15/h9-11H,6-8H2,1-5H3. The first-order valence-electron chi connectivity index (χ1n) is 7.35. The fourth-order valence-electron chi connectivity index (χ4n) is 2.62. The van der Waals surface area contributed by atoms with Gasteiger partial charge in [-0.15, -0.1) is 0 Å². The van der Waals surface area contributed by atoms with Gasteiger partial charge in [-0.3, -0.25) is 0 Å². The van der Waals surface area contributed by atoms with Gasteiger partial charge < -0.3 is 9.47 Å². The zero-order valence-corrected chi connectivity index (χ0v) is 13.1. The van der Waals surface area contributed by atoms with E-state index in [4.69, 9.17) is 9.47 Å². The first-order valence-corrected chi connectivity index (χ1v) is 7.35. The van der Waals surface area contributed by atoms with Crippen LogP contribution in [0.2, 0.25) is 0 Å². The summed E-state index contributed by atoms with van der Waals surface area (Å²) in [4.78, 5) is 12.1. The number of carbonyl (C=O) groups is 1. The van der Waals surface area contributed by atoms with Crippen LogP contribution in [0.15, 0.2) is 12.1 Å². The van der Waals surface area contributed by atoms with Crippen molar-refractivity contribution in [2.24, 2.45) is 0 Å². The Kier molecular flexibility index (Phi) is 4.07. The lowest BCUT2D eigenvalue weighted by atomic mass is 9.77. The van der Waals surface area contributed by atoms with Crippen LogP contribution in [0.5, 0.6) is 5.75 Å². The van der Waals surface area contributed by atoms with E-state index in [0.717, 1.165) is 29.9 Å². The van der Waals surface area contributed by atoms with E-state index >= 15 is 0 Å². The lowest BCUT2D eigenvalue weighted by Crippen LogP contribution is -2.28. The van der Waals surface area contributed by atoms with E-state index in [1.807, 2.05) is 19.1 Å². The second-order valence-electron chi connectivity index (χ2n) is 6.30. The Morgan fingerprint density at radius 1 is 1.40 bits per heavy atom. The minimum atomic E-state index is -0.251. The molecule has 1 aliphatic heterocycles. The molecule has 0 bridgehead atoms. The number of rotatable bonds is 3. The molecular weight excluding hydrogens is 252 g/mol. The highest BCUT2D eigenvalue weighted by Gasteiger charge is 2.32. The highest BCUT2D eigenvalue weighted by atomic mass is 16.5. The summed E-state index contributed by atoms with van der Waals surface area (Å²) in [5.41, 5.74) is 2.88. The molecule has 0 aromatic heterocycles. The molecule has 0 aliphatic carbocycles. The van der Waals surface area contributed by atoms with E-state index < -0.39 is 0 Å². The van der Waals surface area contributed by atoms with Crippen molar-refractivity contribution in [3.05, 3.63) is 28.8 Å². The Hall–Kier alpha value is -1.51. The van der Waals surface area contributed by atoms with Gasteiger partial charge in [0.15, 0.2) is 0 Å². The first-order chi connectivity index (χ1) is 9.36. The Balaban J connectivity index is 2.58. The van der Waals surface area contributed by atoms with E-state index in [1.165, 1.54) is 0 Å². The number of esters is 1. The predicted octanol–water partition coefficient (Wildman–Crippen LogP) is 4.05. The molecule has 1 heterocycles. The molecule has 0 radical (unpaired) electrons. The fraction of sp³-hybridized carbons (Fsp3) is 0.588. The molecular formula is C17H24O3. The molecule has 1 aromatic carbocycles. The zero-order chi connectivity index (χ0) is 14.9. The summed E-state index contributed by atoms with van der Waals surface area (Å²) >= 11 is 0. The molecule has 0 saturated carbocycles. The molecule has 110 valence electrons. The average molecular weight is 276 g/mol. The summed E-state index contributed by atoms with van der Waals surface area (Å²) in [5.74, 6) is 1.02. The minimum Gasteiger partial charge on any atom is -0.493 e. The van der Waals surface area contributed by atoms with Crippen molar-refractivity contribution in [1.29, 1.82) is 0 Å². The lowest BCUT2D eigenvalue weighted by Gasteiger charge is -2.34. The van der Waals surface area contributed by atoms with Crippen LogP contribution in [0.25, 0.3) is 0 Å². The summed E-state index contributed by atoms with van der Waals surface area (Å²) < 4.78 is 11.0. The number of hydrogen-bond donors (Lipinski definition) is 0. The highest BCUT2D eigenvalue weighted by Crippen LogP contribution is 2.43. The van der Waals surface area contributed by atoms with Crippen LogP contribution >= 0.6 is 0 Å². The van der Waals surface area contributed by atoms with Gasteiger partial charge in [0.05, 0.1) is 18.8 Å². The molecule has 1 aliphatic rings. The van der Waals surface area contributed by atoms with Crippen LogP contribution < -0.4 is 4.74 Å². The van der Waals surface area contributed by atoms with Crippen LogP contribution in [0.1, 0.15) is 68.4 Å². The maximum atomic E-state index is 12.1. The summed E-state index contributed by atoms with van der Waals surface area (Å²) in [6.07, 6.45) is 0.962. The van der Waals surface area contributed by atoms with Gasteiger partial charge in [0.2, 0.25) is 0 Å². The normalized spacial score (nSPS) is 16.5. The van der Waals surface area contributed by atoms with Crippen molar-refractivity contribution in [3.63, 3.8) is 0 Å². The number of benzene rings is 1. The maximum absolute atomic E-state index is 12.1. The third kappa shape index (κ3) is 2.67. The quantitative estimate of drug-likeness (QED) is 0.781. The van der Waals surface area contributed by atoms with Gasteiger partial charge in [0, 0.05) is 5.56 Å². The van der Waals surface area contributed by atoms with Crippen molar-refractivity contribution in [2.45, 2.75) is 52.4 Å². The third-order valence-corrected chi connectivity index (χ3v) is 3.95. The molecule has 0 saturated heterocycles. The van der Waals surface area contributed by atoms with Crippen molar-refractivity contribution >= 4 is 5.97 Å². The van der Waals surface area contributed by atoms with Gasteiger partial charge in [-0.1, -0.05) is 27.7 Å². The smallest absolute Gasteiger partial charge is 0.338 e. The lowest BCUT2D eigenvalue weighted by molar-refractivity contribution is 0.0526. The van der Waals surface area contributed by atoms with Crippen molar-refractivity contribution in [1.82, 2.24) is 0 Å². The Labute approximate surface area is 121 Å². The van der Waals surface area contributed by atoms with E-state index in [-0.39, 0.29) is 11.4 Å². The molecule has 20 heavy (non-hydrogen) atoms. The van der Waals surface area contributed by atoms with Gasteiger partial charge >= 0.3 is 5.97 Å². The van der Waals surface area contributed by atoms with Gasteiger partial charge in [0.25, 0.3) is 0 Å². The summed E-state index contributed by atoms with van der Waals surface area (Å²) in [6, 6.07) is 3.86. The van der Waals surface area contributed by atoms with Gasteiger partial charge in [0.1, 0.15) is 5.75 Å². The maximum Gasteiger partial charge on any atom is 0.338 e. The first kappa shape index (κ1) is 14.9. The monoisotopic (exact) mass is 276 g/mol. The molecule has 0 fully saturated rings. The molecule has 1 aromatic rings. The Morgan fingerprint density at radius 2 is 2.10 bits per heavy atom. The number of hydrogen-bond acceptors (Lipinski definition) is 3. The fourth-order valence-corrected chi connectivity index (χ4v) is 2.62. The second kappa shape index (κ2) is 5.47. The number of ether oxygens (including phenoxy) is 2. The van der Waals surface area contributed by atoms with Crippen LogP contribution in [-0.4, -0.2) is 19.2 Å². The van der Waals surface area contributed by atoms with Crippen LogP contribution in [0, 0.1) is 0 Å². The molecule has 0 spiro atoms. The van der Waals surface area contributed by atoms with Crippen LogP contribution in [0.3, 0.4) is 0 Å². The van der Waals surface area contributed by atoms with E-state index in [0.29, 0.717) is 18.1 Å². The predicted molar refractivity (Wildman–Crippen MR) is 79.6 cm³/mol. The van der Waals surface area contributed by atoms with Gasteiger partial charge in [-0.05, 0) is 42.4 Å². The van der Waals surface area contributed by atoms with Gasteiger partial charge in [-0.25, -0.2) is 4.79 Å². The molecule has 0 amide bonds. The average Bonchev–Trinajstić information content (AvgIpc) is 2.37. The summed E-state index contributed by atoms with van der Waals surface area (Å²) in [5, 5.41) is 0. The highest BCUT2D eigenvalue weighted by molar-refractivity contribution is 5.90. The molecule has 0 N–H and O–H groups in total. The van der Waals surface area contributed by atoms with Gasteiger partial charge in [-0.2, -0.15) is 0 Å². The molecule has 0 unspecified atom stereocenters. The van der Waals surface area contributed by atoms with Crippen molar-refractivity contribution < 1.29 is 14.3 Å². The largest absolute Gasteiger partial charge is 0.493 e. The van der Waals surface area contributed by atoms with Crippen molar-refractivity contribution in [2.75, 3.05) is 13.2 Å². The Morgan fingerprint density at radius 3 is 2.70 bits per heavy atom. The molecule has 2 rings (SSSR count). The van der Waals surface area contributed by atoms with E-state index in [1.54, 1.807) is 0 Å². The third-order valence-electron chi connectivity index (χ3n) is 3.95. The second-order valence-corrected chi connectivity index (χ2v) is 6.30. The molecule has 3 heteroatoms. The van der Waals surface area contributed by atoms with E-state index in [9.17, 15) is 4.79 Å². The SMILES string of the molecule is CCOC(=O)c1cc(C(C)C)c2c(c1)C(C)(C)CCO2.